The van der Waals surface area contributed by atoms with Crippen molar-refractivity contribution in [2.75, 3.05) is 20.8 Å². The predicted molar refractivity (Wildman–Crippen MR) is 38.8 cm³/mol. The highest BCUT2D eigenvalue weighted by atomic mass is 16.5. The van der Waals surface area contributed by atoms with Crippen molar-refractivity contribution in [3.05, 3.63) is 0 Å². The minimum atomic E-state index is -0.446. The van der Waals surface area contributed by atoms with Crippen molar-refractivity contribution in [2.45, 2.75) is 6.92 Å². The van der Waals surface area contributed by atoms with Crippen molar-refractivity contribution >= 4 is 11.9 Å². The van der Waals surface area contributed by atoms with Gasteiger partial charge in [0.05, 0.1) is 0 Å². The molecule has 11 heavy (non-hydrogen) atoms. The van der Waals surface area contributed by atoms with Crippen LogP contribution in [0.4, 0.5) is 0 Å². The molecule has 0 heterocycles. The normalized spacial score (nSPS) is 7.27. The molecule has 0 saturated carbocycles. The summed E-state index contributed by atoms with van der Waals surface area (Å²) < 4.78 is 4.34. The number of hydrogen-bond donors (Lipinski definition) is 2. The van der Waals surface area contributed by atoms with Crippen molar-refractivity contribution in [3.8, 4) is 0 Å². The Morgan fingerprint density at radius 3 is 2.18 bits per heavy atom. The van der Waals surface area contributed by atoms with Gasteiger partial charge < -0.3 is 15.2 Å². The van der Waals surface area contributed by atoms with Crippen LogP contribution in [0.2, 0.25) is 0 Å². The molecule has 0 fully saturated rings. The predicted octanol–water partition coefficient (Wildman–Crippen LogP) is -1.10. The van der Waals surface area contributed by atoms with Gasteiger partial charge in [-0.05, 0) is 0 Å². The summed E-state index contributed by atoms with van der Waals surface area (Å²) in [6, 6.07) is 0. The maximum absolute atomic E-state index is 10.3. The second-order valence-electron chi connectivity index (χ2n) is 1.45. The number of ether oxygens (including phenoxy) is 1. The van der Waals surface area contributed by atoms with Crippen LogP contribution < -0.4 is 5.32 Å². The first kappa shape index (κ1) is 12.6. The van der Waals surface area contributed by atoms with Gasteiger partial charge in [-0.3, -0.25) is 9.59 Å². The Morgan fingerprint density at radius 1 is 1.45 bits per heavy atom. The number of nitrogens with one attached hydrogen (secondary N) is 1. The molecular weight excluding hydrogens is 150 g/mol. The molecule has 0 aliphatic rings. The maximum Gasteiger partial charge on any atom is 0.303 e. The SMILES string of the molecule is CNC(=O)COC(C)=O.CO. The van der Waals surface area contributed by atoms with Crippen LogP contribution in [0.3, 0.4) is 0 Å². The fourth-order valence-electron chi connectivity index (χ4n) is 0.239. The average molecular weight is 163 g/mol. The molecule has 0 atom stereocenters. The lowest BCUT2D eigenvalue weighted by Gasteiger charge is -1.97. The van der Waals surface area contributed by atoms with Gasteiger partial charge in [-0.1, -0.05) is 0 Å². The molecule has 0 radical (unpaired) electrons. The largest absolute Gasteiger partial charge is 0.456 e. The van der Waals surface area contributed by atoms with Gasteiger partial charge in [-0.2, -0.15) is 0 Å². The standard InChI is InChI=1S/C5H9NO3.CH4O/c1-4(7)9-3-5(8)6-2;1-2/h3H2,1-2H3,(H,6,8);2H,1H3. The van der Waals surface area contributed by atoms with E-state index in [1.807, 2.05) is 0 Å². The van der Waals surface area contributed by atoms with Gasteiger partial charge in [-0.25, -0.2) is 0 Å². The monoisotopic (exact) mass is 163 g/mol. The van der Waals surface area contributed by atoms with Crippen LogP contribution in [0.5, 0.6) is 0 Å². The highest BCUT2D eigenvalue weighted by molar-refractivity contribution is 5.79. The third-order valence-corrected chi connectivity index (χ3v) is 0.685. The first-order chi connectivity index (χ1) is 5.16. The fourth-order valence-corrected chi connectivity index (χ4v) is 0.239. The molecule has 0 rings (SSSR count). The number of aliphatic hydroxyl groups is 1. The van der Waals surface area contributed by atoms with Gasteiger partial charge in [0, 0.05) is 21.1 Å². The lowest BCUT2D eigenvalue weighted by atomic mass is 10.6. The molecule has 0 saturated heterocycles. The Kier molecular flexibility index (Phi) is 10.2. The molecule has 2 N–H and O–H groups in total. The molecule has 5 heteroatoms. The number of hydrogen-bond acceptors (Lipinski definition) is 4. The van der Waals surface area contributed by atoms with Crippen LogP contribution in [0.1, 0.15) is 6.92 Å². The van der Waals surface area contributed by atoms with Crippen LogP contribution in [-0.2, 0) is 14.3 Å². The minimum absolute atomic E-state index is 0.189. The van der Waals surface area contributed by atoms with E-state index < -0.39 is 5.97 Å². The first-order valence-corrected chi connectivity index (χ1v) is 2.95. The summed E-state index contributed by atoms with van der Waals surface area (Å²) >= 11 is 0. The molecule has 0 aromatic rings. The van der Waals surface area contributed by atoms with Crippen LogP contribution in [0, 0.1) is 0 Å². The molecule has 66 valence electrons. The molecule has 0 aliphatic heterocycles. The number of aliphatic hydroxyl groups excluding tert-OH is 1. The molecule has 0 spiro atoms. The number of likely N-dealkylation sites (N-methyl/N-ethyl adjacent to an activating group) is 1. The fraction of sp³-hybridized carbons (Fsp3) is 0.667. The zero-order valence-corrected chi connectivity index (χ0v) is 6.88. The van der Waals surface area contributed by atoms with Gasteiger partial charge in [0.25, 0.3) is 5.91 Å². The van der Waals surface area contributed by atoms with E-state index in [0.29, 0.717) is 0 Å². The van der Waals surface area contributed by atoms with E-state index in [4.69, 9.17) is 5.11 Å². The molecular formula is C6H13NO4. The van der Waals surface area contributed by atoms with E-state index in [1.165, 1.54) is 14.0 Å². The van der Waals surface area contributed by atoms with E-state index >= 15 is 0 Å². The van der Waals surface area contributed by atoms with E-state index in [2.05, 4.69) is 10.1 Å². The Hall–Kier alpha value is -1.10. The average Bonchev–Trinajstić information content (AvgIpc) is 2.04. The summed E-state index contributed by atoms with van der Waals surface area (Å²) in [4.78, 5) is 20.4. The first-order valence-electron chi connectivity index (χ1n) is 2.95. The maximum atomic E-state index is 10.3. The molecule has 0 aliphatic carbocycles. The lowest BCUT2D eigenvalue weighted by Crippen LogP contribution is -2.24. The summed E-state index contributed by atoms with van der Waals surface area (Å²) in [7, 11) is 2.48. The van der Waals surface area contributed by atoms with E-state index in [-0.39, 0.29) is 12.5 Å². The zero-order valence-electron chi connectivity index (χ0n) is 6.88. The van der Waals surface area contributed by atoms with Gasteiger partial charge in [-0.15, -0.1) is 0 Å². The Balaban J connectivity index is 0. The second kappa shape index (κ2) is 8.90. The Morgan fingerprint density at radius 2 is 1.91 bits per heavy atom. The zero-order chi connectivity index (χ0) is 9.28. The number of carbonyl (C=O) groups excluding carboxylic acids is 2. The van der Waals surface area contributed by atoms with Crippen LogP contribution >= 0.6 is 0 Å². The molecule has 0 bridgehead atoms. The topological polar surface area (TPSA) is 75.6 Å². The summed E-state index contributed by atoms with van der Waals surface area (Å²) in [5.74, 6) is -0.746. The lowest BCUT2D eigenvalue weighted by molar-refractivity contribution is -0.146. The number of rotatable bonds is 2. The van der Waals surface area contributed by atoms with E-state index in [0.717, 1.165) is 7.11 Å². The third-order valence-electron chi connectivity index (χ3n) is 0.685. The molecule has 5 nitrogen and oxygen atoms in total. The second-order valence-corrected chi connectivity index (χ2v) is 1.45. The van der Waals surface area contributed by atoms with Gasteiger partial charge in [0.2, 0.25) is 0 Å². The van der Waals surface area contributed by atoms with Gasteiger partial charge in [0.1, 0.15) is 0 Å². The van der Waals surface area contributed by atoms with Crippen molar-refractivity contribution in [2.24, 2.45) is 0 Å². The van der Waals surface area contributed by atoms with E-state index in [9.17, 15) is 9.59 Å². The smallest absolute Gasteiger partial charge is 0.303 e. The Bertz CT molecular complexity index is 124. The number of esters is 1. The summed E-state index contributed by atoms with van der Waals surface area (Å²) in [5, 5.41) is 9.30. The van der Waals surface area contributed by atoms with E-state index in [1.54, 1.807) is 0 Å². The van der Waals surface area contributed by atoms with Gasteiger partial charge >= 0.3 is 5.97 Å². The number of carbonyl (C=O) groups is 2. The summed E-state index contributed by atoms with van der Waals surface area (Å²) in [5.41, 5.74) is 0. The van der Waals surface area contributed by atoms with Crippen LogP contribution in [-0.4, -0.2) is 37.7 Å². The van der Waals surface area contributed by atoms with Crippen LogP contribution in [0.25, 0.3) is 0 Å². The summed E-state index contributed by atoms with van der Waals surface area (Å²) in [6.07, 6.45) is 0. The van der Waals surface area contributed by atoms with Crippen molar-refractivity contribution < 1.29 is 19.4 Å². The highest BCUT2D eigenvalue weighted by Crippen LogP contribution is 1.73. The minimum Gasteiger partial charge on any atom is -0.456 e. The van der Waals surface area contributed by atoms with Crippen molar-refractivity contribution in [1.82, 2.24) is 5.32 Å². The molecule has 0 aromatic carbocycles. The van der Waals surface area contributed by atoms with Gasteiger partial charge in [0.15, 0.2) is 6.61 Å². The molecule has 0 aromatic heterocycles. The van der Waals surface area contributed by atoms with Crippen molar-refractivity contribution in [3.63, 3.8) is 0 Å². The molecule has 1 amide bonds. The quantitative estimate of drug-likeness (QED) is 0.507. The van der Waals surface area contributed by atoms with Crippen molar-refractivity contribution in [1.29, 1.82) is 0 Å². The Labute approximate surface area is 65.4 Å². The highest BCUT2D eigenvalue weighted by Gasteiger charge is 1.98. The third kappa shape index (κ3) is 12.2. The van der Waals surface area contributed by atoms with Crippen LogP contribution in [0.15, 0.2) is 0 Å². The number of amides is 1. The molecule has 0 unspecified atom stereocenters. The summed E-state index contributed by atoms with van der Waals surface area (Å²) in [6.45, 7) is 1.06.